The van der Waals surface area contributed by atoms with Crippen molar-refractivity contribution in [3.63, 3.8) is 0 Å². The fraction of sp³-hybridized carbons (Fsp3) is 0.100. The van der Waals surface area contributed by atoms with Gasteiger partial charge in [0.2, 0.25) is 5.91 Å². The molecule has 0 spiro atoms. The maximum atomic E-state index is 13.3. The number of nitro groups is 1. The van der Waals surface area contributed by atoms with Crippen LogP contribution in [-0.4, -0.2) is 30.4 Å². The van der Waals surface area contributed by atoms with E-state index in [1.807, 2.05) is 0 Å². The third kappa shape index (κ3) is 3.88. The predicted octanol–water partition coefficient (Wildman–Crippen LogP) is 2.58. The summed E-state index contributed by atoms with van der Waals surface area (Å²) in [6.45, 7) is 1.26. The Labute approximate surface area is 173 Å². The van der Waals surface area contributed by atoms with Crippen LogP contribution in [0.4, 0.5) is 15.8 Å². The Morgan fingerprint density at radius 1 is 1.23 bits per heavy atom. The molecule has 4 rings (SSSR count). The van der Waals surface area contributed by atoms with Crippen molar-refractivity contribution in [2.45, 2.75) is 13.5 Å². The zero-order chi connectivity index (χ0) is 22.1. The van der Waals surface area contributed by atoms with Crippen LogP contribution in [0.15, 0.2) is 59.5 Å². The van der Waals surface area contributed by atoms with Crippen LogP contribution >= 0.6 is 0 Å². The number of fused-ring (bicyclic) bond motifs is 1. The lowest BCUT2D eigenvalue weighted by atomic mass is 10.2. The van der Waals surface area contributed by atoms with Crippen molar-refractivity contribution >= 4 is 28.2 Å². The van der Waals surface area contributed by atoms with Crippen molar-refractivity contribution < 1.29 is 14.1 Å². The fourth-order valence-corrected chi connectivity index (χ4v) is 3.14. The lowest BCUT2D eigenvalue weighted by molar-refractivity contribution is -0.384. The highest BCUT2D eigenvalue weighted by Crippen LogP contribution is 2.18. The lowest BCUT2D eigenvalue weighted by Crippen LogP contribution is -2.31. The Bertz CT molecular complexity index is 1380. The minimum absolute atomic E-state index is 0.173. The van der Waals surface area contributed by atoms with E-state index in [4.69, 9.17) is 0 Å². The Morgan fingerprint density at radius 2 is 1.97 bits per heavy atom. The number of halogens is 1. The molecule has 0 aliphatic carbocycles. The summed E-state index contributed by atoms with van der Waals surface area (Å²) in [6.07, 6.45) is 1.48. The normalized spacial score (nSPS) is 10.9. The van der Waals surface area contributed by atoms with E-state index in [0.717, 1.165) is 4.68 Å². The van der Waals surface area contributed by atoms with E-state index in [9.17, 15) is 24.1 Å². The van der Waals surface area contributed by atoms with Gasteiger partial charge >= 0.3 is 0 Å². The van der Waals surface area contributed by atoms with Crippen molar-refractivity contribution in [2.75, 3.05) is 5.32 Å². The molecule has 0 saturated heterocycles. The molecule has 1 N–H and O–H groups in total. The number of rotatable bonds is 5. The quantitative estimate of drug-likeness (QED) is 0.389. The van der Waals surface area contributed by atoms with Crippen molar-refractivity contribution in [1.29, 1.82) is 0 Å². The Hall–Kier alpha value is -4.41. The van der Waals surface area contributed by atoms with Gasteiger partial charge in [0.1, 0.15) is 17.9 Å². The number of non-ortho nitro benzene ring substituents is 1. The molecule has 0 fully saturated rings. The van der Waals surface area contributed by atoms with E-state index in [1.54, 1.807) is 6.92 Å². The van der Waals surface area contributed by atoms with Gasteiger partial charge in [-0.1, -0.05) is 6.07 Å². The summed E-state index contributed by atoms with van der Waals surface area (Å²) in [5.74, 6) is -1.00. The smallest absolute Gasteiger partial charge is 0.293 e. The largest absolute Gasteiger partial charge is 0.324 e. The zero-order valence-electron chi connectivity index (χ0n) is 16.2. The number of aryl methyl sites for hydroxylation is 1. The monoisotopic (exact) mass is 422 g/mol. The van der Waals surface area contributed by atoms with E-state index in [2.05, 4.69) is 15.5 Å². The standard InChI is InChI=1S/C20H15FN6O4/c1-12-17-10-22-26(15-7-5-13(21)6-8-15)19(17)20(29)25(24-12)11-18(28)23-14-3-2-4-16(9-14)27(30)31/h2-10H,11H2,1H3,(H,23,28). The number of amides is 1. The maximum absolute atomic E-state index is 13.3. The topological polar surface area (TPSA) is 125 Å². The minimum atomic E-state index is -0.582. The zero-order valence-corrected chi connectivity index (χ0v) is 16.2. The van der Waals surface area contributed by atoms with E-state index in [1.165, 1.54) is 59.4 Å². The second kappa shape index (κ2) is 7.78. The van der Waals surface area contributed by atoms with Crippen LogP contribution in [0.1, 0.15) is 5.69 Å². The molecular weight excluding hydrogens is 407 g/mol. The van der Waals surface area contributed by atoms with E-state index in [-0.39, 0.29) is 16.9 Å². The number of hydrogen-bond donors (Lipinski definition) is 1. The number of nitrogens with one attached hydrogen (secondary N) is 1. The first-order valence-electron chi connectivity index (χ1n) is 9.09. The number of benzene rings is 2. The fourth-order valence-electron chi connectivity index (χ4n) is 3.14. The number of nitrogens with zero attached hydrogens (tertiary/aromatic N) is 5. The average Bonchev–Trinajstić information content (AvgIpc) is 3.18. The Morgan fingerprint density at radius 3 is 2.68 bits per heavy atom. The summed E-state index contributed by atoms with van der Waals surface area (Å²) in [5, 5.41) is 22.3. The Balaban J connectivity index is 1.67. The summed E-state index contributed by atoms with van der Waals surface area (Å²) >= 11 is 0. The van der Waals surface area contributed by atoms with Gasteiger partial charge in [-0.2, -0.15) is 10.2 Å². The van der Waals surface area contributed by atoms with Gasteiger partial charge in [-0.3, -0.25) is 19.7 Å². The van der Waals surface area contributed by atoms with Crippen molar-refractivity contribution in [3.8, 4) is 5.69 Å². The maximum Gasteiger partial charge on any atom is 0.293 e. The predicted molar refractivity (Wildman–Crippen MR) is 110 cm³/mol. The van der Waals surface area contributed by atoms with Crippen molar-refractivity contribution in [3.05, 3.63) is 86.7 Å². The van der Waals surface area contributed by atoms with E-state index in [0.29, 0.717) is 16.8 Å². The highest BCUT2D eigenvalue weighted by atomic mass is 19.1. The molecule has 0 aliphatic rings. The number of carbonyl (C=O) groups excluding carboxylic acids is 1. The SMILES string of the molecule is Cc1nn(CC(=O)Nc2cccc([N+](=O)[O-])c2)c(=O)c2c1cnn2-c1ccc(F)cc1. The van der Waals surface area contributed by atoms with Gasteiger partial charge in [-0.05, 0) is 37.3 Å². The van der Waals surface area contributed by atoms with Crippen LogP contribution in [0.5, 0.6) is 0 Å². The van der Waals surface area contributed by atoms with Crippen LogP contribution in [0.2, 0.25) is 0 Å². The first-order valence-corrected chi connectivity index (χ1v) is 9.09. The summed E-state index contributed by atoms with van der Waals surface area (Å²) < 4.78 is 15.6. The van der Waals surface area contributed by atoms with Gasteiger partial charge in [0, 0.05) is 23.2 Å². The van der Waals surface area contributed by atoms with Crippen molar-refractivity contribution in [1.82, 2.24) is 19.6 Å². The highest BCUT2D eigenvalue weighted by molar-refractivity contribution is 5.91. The van der Waals surface area contributed by atoms with E-state index >= 15 is 0 Å². The molecule has 2 heterocycles. The summed E-state index contributed by atoms with van der Waals surface area (Å²) in [4.78, 5) is 35.8. The van der Waals surface area contributed by atoms with Crippen LogP contribution in [0.25, 0.3) is 16.6 Å². The van der Waals surface area contributed by atoms with Crippen LogP contribution < -0.4 is 10.9 Å². The molecule has 10 nitrogen and oxygen atoms in total. The molecule has 0 saturated carbocycles. The lowest BCUT2D eigenvalue weighted by Gasteiger charge is -2.09. The molecule has 2 aromatic carbocycles. The molecule has 1 amide bonds. The molecule has 0 radical (unpaired) electrons. The second-order valence-corrected chi connectivity index (χ2v) is 6.70. The van der Waals surface area contributed by atoms with Gasteiger partial charge in [-0.25, -0.2) is 13.8 Å². The van der Waals surface area contributed by atoms with E-state index < -0.39 is 28.8 Å². The first-order chi connectivity index (χ1) is 14.8. The summed E-state index contributed by atoms with van der Waals surface area (Å²) in [7, 11) is 0. The van der Waals surface area contributed by atoms with Crippen LogP contribution in [0.3, 0.4) is 0 Å². The molecule has 11 heteroatoms. The van der Waals surface area contributed by atoms with Gasteiger partial charge in [0.25, 0.3) is 11.2 Å². The molecule has 0 unspecified atom stereocenters. The van der Waals surface area contributed by atoms with Crippen LogP contribution in [-0.2, 0) is 11.3 Å². The number of hydrogen-bond acceptors (Lipinski definition) is 6. The average molecular weight is 422 g/mol. The molecule has 31 heavy (non-hydrogen) atoms. The number of carbonyl (C=O) groups is 1. The molecule has 156 valence electrons. The van der Waals surface area contributed by atoms with Gasteiger partial charge in [-0.15, -0.1) is 0 Å². The first kappa shape index (κ1) is 19.9. The van der Waals surface area contributed by atoms with Gasteiger partial charge < -0.3 is 5.32 Å². The third-order valence-corrected chi connectivity index (χ3v) is 4.57. The second-order valence-electron chi connectivity index (χ2n) is 6.70. The molecule has 0 atom stereocenters. The highest BCUT2D eigenvalue weighted by Gasteiger charge is 2.17. The molecule has 0 aliphatic heterocycles. The Kier molecular flexibility index (Phi) is 4.99. The number of nitro benzene ring substituents is 1. The molecule has 2 aromatic heterocycles. The summed E-state index contributed by atoms with van der Waals surface area (Å²) in [6, 6.07) is 10.9. The number of anilines is 1. The van der Waals surface area contributed by atoms with Gasteiger partial charge in [0.05, 0.1) is 22.5 Å². The minimum Gasteiger partial charge on any atom is -0.324 e. The molecule has 4 aromatic rings. The van der Waals surface area contributed by atoms with Crippen molar-refractivity contribution in [2.24, 2.45) is 0 Å². The molecule has 0 bridgehead atoms. The number of aromatic nitrogens is 4. The molecular formula is C20H15FN6O4. The van der Waals surface area contributed by atoms with Gasteiger partial charge in [0.15, 0.2) is 0 Å². The van der Waals surface area contributed by atoms with Crippen LogP contribution in [0, 0.1) is 22.9 Å². The summed E-state index contributed by atoms with van der Waals surface area (Å²) in [5.41, 5.74) is 0.645. The third-order valence-electron chi connectivity index (χ3n) is 4.57.